The van der Waals surface area contributed by atoms with Crippen LogP contribution < -0.4 is 0 Å². The average Bonchev–Trinajstić information content (AvgIpc) is 2.98. The molecule has 0 radical (unpaired) electrons. The van der Waals surface area contributed by atoms with Gasteiger partial charge >= 0.3 is 5.97 Å². The number of carbonyl (C=O) groups is 1. The van der Waals surface area contributed by atoms with Crippen LogP contribution in [0, 0.1) is 23.2 Å². The molecule has 26 heavy (non-hydrogen) atoms. The zero-order valence-electron chi connectivity index (χ0n) is 16.5. The van der Waals surface area contributed by atoms with E-state index in [4.69, 9.17) is 4.74 Å². The number of fused-ring (bicyclic) bond motifs is 3. The molecular weight excluding hydrogens is 332 g/mol. The van der Waals surface area contributed by atoms with Gasteiger partial charge in [-0.25, -0.2) is 4.79 Å². The van der Waals surface area contributed by atoms with Gasteiger partial charge in [-0.2, -0.15) is 0 Å². The minimum atomic E-state index is -1.49. The lowest BCUT2D eigenvalue weighted by Gasteiger charge is -2.51. The fourth-order valence-electron chi connectivity index (χ4n) is 5.13. The van der Waals surface area contributed by atoms with Crippen molar-refractivity contribution in [3.05, 3.63) is 23.8 Å². The van der Waals surface area contributed by atoms with Crippen LogP contribution in [0.5, 0.6) is 0 Å². The first-order valence-corrected chi connectivity index (χ1v) is 9.64. The van der Waals surface area contributed by atoms with Gasteiger partial charge in [0.1, 0.15) is 0 Å². The van der Waals surface area contributed by atoms with Crippen LogP contribution in [0.25, 0.3) is 0 Å². The summed E-state index contributed by atoms with van der Waals surface area (Å²) < 4.78 is 5.15. The Kier molecular flexibility index (Phi) is 4.45. The Hall–Kier alpha value is -1.17. The monoisotopic (exact) mass is 364 g/mol. The second-order valence-corrected chi connectivity index (χ2v) is 9.35. The van der Waals surface area contributed by atoms with Gasteiger partial charge in [-0.05, 0) is 39.0 Å². The van der Waals surface area contributed by atoms with E-state index in [1.807, 2.05) is 26.0 Å². The number of rotatable bonds is 4. The fourth-order valence-corrected chi connectivity index (χ4v) is 5.13. The first-order valence-electron chi connectivity index (χ1n) is 9.64. The van der Waals surface area contributed by atoms with Crippen molar-refractivity contribution in [2.45, 2.75) is 77.3 Å². The van der Waals surface area contributed by atoms with Gasteiger partial charge in [0.05, 0.1) is 11.2 Å². The van der Waals surface area contributed by atoms with Crippen LogP contribution in [0.2, 0.25) is 0 Å². The molecule has 3 N–H and O–H groups in total. The molecule has 3 rings (SSSR count). The summed E-state index contributed by atoms with van der Waals surface area (Å²) in [7, 11) is 0. The summed E-state index contributed by atoms with van der Waals surface area (Å²) in [5.41, 5.74) is -1.54. The Balaban J connectivity index is 1.87. The highest BCUT2D eigenvalue weighted by Crippen LogP contribution is 2.64. The molecule has 0 aromatic carbocycles. The van der Waals surface area contributed by atoms with Crippen molar-refractivity contribution in [3.63, 3.8) is 0 Å². The molecular formula is C21H32O5. The van der Waals surface area contributed by atoms with Crippen molar-refractivity contribution in [1.82, 2.24) is 0 Å². The Labute approximate surface area is 155 Å². The van der Waals surface area contributed by atoms with E-state index < -0.39 is 28.4 Å². The van der Waals surface area contributed by atoms with Crippen LogP contribution in [0.4, 0.5) is 0 Å². The highest BCUT2D eigenvalue weighted by atomic mass is 16.7. The van der Waals surface area contributed by atoms with Crippen molar-refractivity contribution in [3.8, 4) is 0 Å². The third-order valence-corrected chi connectivity index (χ3v) is 7.48. The van der Waals surface area contributed by atoms with Gasteiger partial charge in [0.15, 0.2) is 0 Å². The Morgan fingerprint density at radius 1 is 1.23 bits per heavy atom. The normalized spacial score (nSPS) is 42.2. The molecule has 0 bridgehead atoms. The predicted molar refractivity (Wildman–Crippen MR) is 97.9 cm³/mol. The van der Waals surface area contributed by atoms with E-state index in [-0.39, 0.29) is 17.8 Å². The molecule has 3 aliphatic rings. The summed E-state index contributed by atoms with van der Waals surface area (Å²) in [5.74, 6) is -2.18. The highest BCUT2D eigenvalue weighted by Gasteiger charge is 2.65. The van der Waals surface area contributed by atoms with Gasteiger partial charge in [0, 0.05) is 35.3 Å². The molecule has 1 heterocycles. The van der Waals surface area contributed by atoms with Gasteiger partial charge in [-0.15, -0.1) is 0 Å². The molecule has 6 atom stereocenters. The summed E-state index contributed by atoms with van der Waals surface area (Å²) >= 11 is 0. The minimum absolute atomic E-state index is 0.0291. The molecule has 2 fully saturated rings. The number of hydrogen-bond donors (Lipinski definition) is 3. The van der Waals surface area contributed by atoms with Gasteiger partial charge < -0.3 is 20.1 Å². The second-order valence-electron chi connectivity index (χ2n) is 9.35. The van der Waals surface area contributed by atoms with E-state index in [1.54, 1.807) is 13.8 Å². The Bertz CT molecular complexity index is 660. The van der Waals surface area contributed by atoms with Crippen molar-refractivity contribution in [2.75, 3.05) is 0 Å². The van der Waals surface area contributed by atoms with Crippen LogP contribution in [0.1, 0.15) is 60.3 Å². The van der Waals surface area contributed by atoms with Crippen LogP contribution >= 0.6 is 0 Å². The highest BCUT2D eigenvalue weighted by molar-refractivity contribution is 5.86. The maximum absolute atomic E-state index is 11.7. The molecule has 0 amide bonds. The number of esters is 1. The van der Waals surface area contributed by atoms with Gasteiger partial charge in [0.25, 0.3) is 0 Å². The average molecular weight is 364 g/mol. The zero-order chi connectivity index (χ0) is 19.5. The molecule has 146 valence electrons. The second kappa shape index (κ2) is 5.91. The lowest BCUT2D eigenvalue weighted by molar-refractivity contribution is -0.204. The Morgan fingerprint density at radius 2 is 1.88 bits per heavy atom. The lowest BCUT2D eigenvalue weighted by atomic mass is 9.57. The van der Waals surface area contributed by atoms with Crippen LogP contribution in [-0.4, -0.2) is 38.3 Å². The summed E-state index contributed by atoms with van der Waals surface area (Å²) in [6.45, 7) is 9.59. The summed E-state index contributed by atoms with van der Waals surface area (Å²) in [4.78, 5) is 11.7. The smallest absolute Gasteiger partial charge is 0.333 e. The molecule has 0 aromatic rings. The van der Waals surface area contributed by atoms with Crippen molar-refractivity contribution in [2.24, 2.45) is 23.2 Å². The maximum Gasteiger partial charge on any atom is 0.333 e. The van der Waals surface area contributed by atoms with Crippen LogP contribution in [0.3, 0.4) is 0 Å². The third-order valence-electron chi connectivity index (χ3n) is 7.48. The first-order chi connectivity index (χ1) is 11.8. The third kappa shape index (κ3) is 2.76. The van der Waals surface area contributed by atoms with Crippen molar-refractivity contribution in [1.29, 1.82) is 0 Å². The molecule has 0 saturated heterocycles. The zero-order valence-corrected chi connectivity index (χ0v) is 16.5. The summed E-state index contributed by atoms with van der Waals surface area (Å²) in [6.07, 6.45) is 7.63. The Morgan fingerprint density at radius 3 is 2.50 bits per heavy atom. The molecule has 1 aliphatic heterocycles. The van der Waals surface area contributed by atoms with E-state index in [2.05, 4.69) is 6.92 Å². The lowest BCUT2D eigenvalue weighted by Crippen LogP contribution is -2.54. The van der Waals surface area contributed by atoms with Gasteiger partial charge in [-0.3, -0.25) is 0 Å². The minimum Gasteiger partial charge on any atom is -0.426 e. The van der Waals surface area contributed by atoms with E-state index in [0.717, 1.165) is 6.42 Å². The first kappa shape index (κ1) is 19.6. The summed E-state index contributed by atoms with van der Waals surface area (Å²) in [5, 5.41) is 32.5. The van der Waals surface area contributed by atoms with E-state index in [9.17, 15) is 20.1 Å². The molecule has 5 nitrogen and oxygen atoms in total. The largest absolute Gasteiger partial charge is 0.426 e. The number of carbonyl (C=O) groups excluding carboxylic acids is 1. The molecule has 0 aromatic heterocycles. The molecule has 2 saturated carbocycles. The SMILES string of the molecule is C[C@H](/C=C/[C@H](C)[C@@]1(O)CC[C@H]2C3=CC(=O)O[C@@]3(O)CC[C@@]21C)C(C)(C)O. The summed E-state index contributed by atoms with van der Waals surface area (Å²) in [6, 6.07) is 0. The molecule has 5 heteroatoms. The van der Waals surface area contributed by atoms with E-state index >= 15 is 0 Å². The maximum atomic E-state index is 11.7. The van der Waals surface area contributed by atoms with Crippen LogP contribution in [0.15, 0.2) is 23.8 Å². The predicted octanol–water partition coefficient (Wildman–Crippen LogP) is 2.70. The number of hydrogen-bond acceptors (Lipinski definition) is 5. The number of aliphatic hydroxyl groups is 3. The fraction of sp³-hybridized carbons (Fsp3) is 0.762. The van der Waals surface area contributed by atoms with E-state index in [1.165, 1.54) is 6.08 Å². The molecule has 0 spiro atoms. The topological polar surface area (TPSA) is 87.0 Å². The molecule has 0 unspecified atom stereocenters. The number of ether oxygens (including phenoxy) is 1. The molecule has 2 aliphatic carbocycles. The standard InChI is InChI=1S/C21H32O5/c1-13(18(3,4)23)6-7-14(2)20(24)9-8-15-16-12-17(22)26-21(16,25)11-10-19(15,20)5/h6-7,12-15,23-25H,8-11H2,1-5H3/b7-6+/t13-,14+,15+,19+,20+,21+/m1/s1. The van der Waals surface area contributed by atoms with Crippen molar-refractivity contribution < 1.29 is 24.9 Å². The quantitative estimate of drug-likeness (QED) is 0.527. The van der Waals surface area contributed by atoms with Gasteiger partial charge in [0.2, 0.25) is 5.79 Å². The van der Waals surface area contributed by atoms with E-state index in [0.29, 0.717) is 24.8 Å². The van der Waals surface area contributed by atoms with Crippen LogP contribution in [-0.2, 0) is 9.53 Å². The van der Waals surface area contributed by atoms with Crippen molar-refractivity contribution >= 4 is 5.97 Å². The van der Waals surface area contributed by atoms with Gasteiger partial charge in [-0.1, -0.05) is 32.9 Å².